The highest BCUT2D eigenvalue weighted by Gasteiger charge is 2.34. The van der Waals surface area contributed by atoms with E-state index in [-0.39, 0.29) is 29.1 Å². The van der Waals surface area contributed by atoms with Gasteiger partial charge in [0.15, 0.2) is 0 Å². The average Bonchev–Trinajstić information content (AvgIpc) is 2.95. The number of nitrogens with one attached hydrogen (secondary N) is 1. The second-order valence-corrected chi connectivity index (χ2v) is 13.4. The number of anilines is 1. The van der Waals surface area contributed by atoms with Gasteiger partial charge in [0, 0.05) is 17.6 Å². The van der Waals surface area contributed by atoms with Crippen LogP contribution in [0.2, 0.25) is 15.1 Å². The number of hydrogen-bond donors (Lipinski definition) is 1. The largest absolute Gasteiger partial charge is 0.352 e. The van der Waals surface area contributed by atoms with Crippen LogP contribution < -0.4 is 9.62 Å². The standard InChI is InChI=1S/C31H36Cl3N3O4S/c1-6-22(5)35-31(39)29(7-2)36(18-23-11-15-26(32)28(34)16-23)30(38)19-37(24-12-10-21(4)27(33)17-24)42(40,41)25-13-8-20(3)9-14-25/h8-17,22,29H,6-7,18-19H2,1-5H3,(H,35,39)/t22-,29-/m0/s1. The van der Waals surface area contributed by atoms with E-state index < -0.39 is 28.5 Å². The summed E-state index contributed by atoms with van der Waals surface area (Å²) in [5.41, 5.74) is 2.51. The molecule has 0 spiro atoms. The van der Waals surface area contributed by atoms with E-state index in [2.05, 4.69) is 5.32 Å². The summed E-state index contributed by atoms with van der Waals surface area (Å²) < 4.78 is 29.0. The third-order valence-corrected chi connectivity index (χ3v) is 9.99. The molecule has 2 atom stereocenters. The van der Waals surface area contributed by atoms with Gasteiger partial charge in [0.05, 0.1) is 20.6 Å². The van der Waals surface area contributed by atoms with Crippen LogP contribution in [0.15, 0.2) is 65.6 Å². The van der Waals surface area contributed by atoms with Crippen molar-refractivity contribution in [2.45, 2.75) is 71.0 Å². The van der Waals surface area contributed by atoms with Gasteiger partial charge >= 0.3 is 0 Å². The highest BCUT2D eigenvalue weighted by Crippen LogP contribution is 2.29. The lowest BCUT2D eigenvalue weighted by atomic mass is 10.1. The predicted octanol–water partition coefficient (Wildman–Crippen LogP) is 7.18. The normalized spacial score (nSPS) is 12.9. The molecule has 0 saturated heterocycles. The van der Waals surface area contributed by atoms with E-state index >= 15 is 0 Å². The van der Waals surface area contributed by atoms with Crippen molar-refractivity contribution in [3.05, 3.63) is 92.4 Å². The van der Waals surface area contributed by atoms with Crippen LogP contribution in [0.1, 0.15) is 50.3 Å². The Kier molecular flexibility index (Phi) is 11.7. The first-order valence-electron chi connectivity index (χ1n) is 13.7. The molecule has 3 aromatic carbocycles. The number of rotatable bonds is 12. The van der Waals surface area contributed by atoms with Crippen molar-refractivity contribution in [2.24, 2.45) is 0 Å². The molecular formula is C31H36Cl3N3O4S. The summed E-state index contributed by atoms with van der Waals surface area (Å²) in [5, 5.41) is 3.97. The zero-order valence-electron chi connectivity index (χ0n) is 24.3. The molecule has 7 nitrogen and oxygen atoms in total. The maximum Gasteiger partial charge on any atom is 0.264 e. The Balaban J connectivity index is 2.10. The maximum atomic E-state index is 14.2. The molecule has 0 aromatic heterocycles. The number of aryl methyl sites for hydroxylation is 2. The number of nitrogens with zero attached hydrogens (tertiary/aromatic N) is 2. The molecule has 0 aliphatic heterocycles. The van der Waals surface area contributed by atoms with Crippen molar-refractivity contribution in [3.63, 3.8) is 0 Å². The Bertz CT molecular complexity index is 1530. The predicted molar refractivity (Wildman–Crippen MR) is 171 cm³/mol. The molecule has 226 valence electrons. The van der Waals surface area contributed by atoms with Crippen LogP contribution >= 0.6 is 34.8 Å². The van der Waals surface area contributed by atoms with E-state index in [0.717, 1.165) is 15.4 Å². The summed E-state index contributed by atoms with van der Waals surface area (Å²) in [5.74, 6) is -0.897. The number of carbonyl (C=O) groups excluding carboxylic acids is 2. The Labute approximate surface area is 263 Å². The zero-order chi connectivity index (χ0) is 31.2. The Morgan fingerprint density at radius 2 is 1.52 bits per heavy atom. The van der Waals surface area contributed by atoms with Crippen molar-refractivity contribution in [2.75, 3.05) is 10.8 Å². The van der Waals surface area contributed by atoms with Gasteiger partial charge in [-0.2, -0.15) is 0 Å². The number of halogens is 3. The quantitative estimate of drug-likeness (QED) is 0.225. The number of hydrogen-bond acceptors (Lipinski definition) is 4. The van der Waals surface area contributed by atoms with Crippen molar-refractivity contribution in [1.29, 1.82) is 0 Å². The summed E-state index contributed by atoms with van der Waals surface area (Å²) in [7, 11) is -4.20. The minimum absolute atomic E-state index is 0.00915. The number of amides is 2. The van der Waals surface area contributed by atoms with Crippen molar-refractivity contribution >= 4 is 62.3 Å². The van der Waals surface area contributed by atoms with E-state index in [9.17, 15) is 18.0 Å². The van der Waals surface area contributed by atoms with E-state index in [0.29, 0.717) is 33.5 Å². The van der Waals surface area contributed by atoms with Gasteiger partial charge in [-0.3, -0.25) is 13.9 Å². The number of sulfonamides is 1. The van der Waals surface area contributed by atoms with Gasteiger partial charge in [-0.25, -0.2) is 8.42 Å². The van der Waals surface area contributed by atoms with Gasteiger partial charge in [0.2, 0.25) is 11.8 Å². The molecule has 0 fully saturated rings. The third kappa shape index (κ3) is 8.19. The van der Waals surface area contributed by atoms with Crippen molar-refractivity contribution < 1.29 is 18.0 Å². The summed E-state index contributed by atoms with van der Waals surface area (Å²) in [6.45, 7) is 8.73. The fourth-order valence-electron chi connectivity index (χ4n) is 4.30. The molecular weight excluding hydrogens is 617 g/mol. The lowest BCUT2D eigenvalue weighted by Crippen LogP contribution is -2.53. The van der Waals surface area contributed by atoms with Crippen LogP contribution in [0.3, 0.4) is 0 Å². The van der Waals surface area contributed by atoms with Gasteiger partial charge in [-0.15, -0.1) is 0 Å². The first kappa shape index (κ1) is 33.7. The lowest BCUT2D eigenvalue weighted by molar-refractivity contribution is -0.140. The molecule has 11 heteroatoms. The molecule has 0 unspecified atom stereocenters. The van der Waals surface area contributed by atoms with Crippen molar-refractivity contribution in [3.8, 4) is 0 Å². The minimum atomic E-state index is -4.20. The average molecular weight is 653 g/mol. The topological polar surface area (TPSA) is 86.8 Å². The molecule has 0 aliphatic rings. The van der Waals surface area contributed by atoms with Crippen LogP contribution in [0.25, 0.3) is 0 Å². The molecule has 42 heavy (non-hydrogen) atoms. The molecule has 3 aromatic rings. The van der Waals surface area contributed by atoms with E-state index in [4.69, 9.17) is 34.8 Å². The molecule has 3 rings (SSSR count). The zero-order valence-corrected chi connectivity index (χ0v) is 27.4. The van der Waals surface area contributed by atoms with Gasteiger partial charge in [0.25, 0.3) is 10.0 Å². The molecule has 0 bridgehead atoms. The van der Waals surface area contributed by atoms with Crippen LogP contribution in [0, 0.1) is 13.8 Å². The van der Waals surface area contributed by atoms with E-state index in [1.54, 1.807) is 56.3 Å². The highest BCUT2D eigenvalue weighted by molar-refractivity contribution is 7.92. The fourth-order valence-corrected chi connectivity index (χ4v) is 6.20. The Hall–Kier alpha value is -2.78. The molecule has 0 radical (unpaired) electrons. The van der Waals surface area contributed by atoms with Crippen LogP contribution in [0.5, 0.6) is 0 Å². The first-order chi connectivity index (χ1) is 19.8. The second-order valence-electron chi connectivity index (χ2n) is 10.3. The molecule has 2 amide bonds. The molecule has 0 heterocycles. The van der Waals surface area contributed by atoms with Crippen LogP contribution in [-0.4, -0.2) is 43.8 Å². The smallest absolute Gasteiger partial charge is 0.264 e. The Morgan fingerprint density at radius 3 is 2.10 bits per heavy atom. The van der Waals surface area contributed by atoms with Gasteiger partial charge in [-0.05, 0) is 81.1 Å². The first-order valence-corrected chi connectivity index (χ1v) is 16.2. The summed E-state index contributed by atoms with van der Waals surface area (Å²) >= 11 is 18.8. The molecule has 1 N–H and O–H groups in total. The SMILES string of the molecule is CC[C@H](C)NC(=O)[C@H](CC)N(Cc1ccc(Cl)c(Cl)c1)C(=O)CN(c1ccc(C)c(Cl)c1)S(=O)(=O)c1ccc(C)cc1. The van der Waals surface area contributed by atoms with E-state index in [1.807, 2.05) is 20.8 Å². The minimum Gasteiger partial charge on any atom is -0.352 e. The second kappa shape index (κ2) is 14.6. The molecule has 0 aliphatic carbocycles. The summed E-state index contributed by atoms with van der Waals surface area (Å²) in [4.78, 5) is 29.0. The summed E-state index contributed by atoms with van der Waals surface area (Å²) in [6.07, 6.45) is 1.01. The monoisotopic (exact) mass is 651 g/mol. The van der Waals surface area contributed by atoms with Gasteiger partial charge in [0.1, 0.15) is 12.6 Å². The third-order valence-electron chi connectivity index (χ3n) is 7.06. The maximum absolute atomic E-state index is 14.2. The number of benzene rings is 3. The van der Waals surface area contributed by atoms with Crippen molar-refractivity contribution in [1.82, 2.24) is 10.2 Å². The lowest BCUT2D eigenvalue weighted by Gasteiger charge is -2.34. The van der Waals surface area contributed by atoms with Gasteiger partial charge < -0.3 is 10.2 Å². The fraction of sp³-hybridized carbons (Fsp3) is 0.355. The molecule has 0 saturated carbocycles. The van der Waals surface area contributed by atoms with E-state index in [1.165, 1.54) is 23.1 Å². The summed E-state index contributed by atoms with van der Waals surface area (Å²) in [6, 6.07) is 15.2. The van der Waals surface area contributed by atoms with Crippen LogP contribution in [0.4, 0.5) is 5.69 Å². The van der Waals surface area contributed by atoms with Crippen LogP contribution in [-0.2, 0) is 26.2 Å². The van der Waals surface area contributed by atoms with Gasteiger partial charge in [-0.1, -0.05) is 78.5 Å². The highest BCUT2D eigenvalue weighted by atomic mass is 35.5. The Morgan fingerprint density at radius 1 is 0.857 bits per heavy atom. The number of carbonyl (C=O) groups is 2.